The number of nitrogen functional groups attached to an aromatic ring is 2. The molecule has 0 unspecified atom stereocenters. The lowest BCUT2D eigenvalue weighted by Crippen LogP contribution is -2.03. The number of aryl methyl sites for hydroxylation is 4. The maximum absolute atomic E-state index is 6.17. The van der Waals surface area contributed by atoms with Crippen LogP contribution in [0.3, 0.4) is 0 Å². The largest absolute Gasteiger partial charge is 0.398 e. The Labute approximate surface area is 120 Å². The molecule has 104 valence electrons. The Bertz CT molecular complexity index is 545. The summed E-state index contributed by atoms with van der Waals surface area (Å²) < 4.78 is 0. The van der Waals surface area contributed by atoms with Gasteiger partial charge in [0.25, 0.3) is 0 Å². The third kappa shape index (κ3) is 2.79. The lowest BCUT2D eigenvalue weighted by Gasteiger charge is -2.13. The van der Waals surface area contributed by atoms with E-state index in [2.05, 4.69) is 36.4 Å². The fraction of sp³-hybridized carbons (Fsp3) is 0.333. The predicted octanol–water partition coefficient (Wildman–Crippen LogP) is 3.52. The maximum atomic E-state index is 6.17. The number of benzene rings is 2. The van der Waals surface area contributed by atoms with E-state index in [0.29, 0.717) is 0 Å². The lowest BCUT2D eigenvalue weighted by molar-refractivity contribution is 0.803. The summed E-state index contributed by atoms with van der Waals surface area (Å²) in [5.41, 5.74) is 19.4. The van der Waals surface area contributed by atoms with Crippen molar-refractivity contribution in [2.45, 2.75) is 38.5 Å². The van der Waals surface area contributed by atoms with Gasteiger partial charge < -0.3 is 11.5 Å². The topological polar surface area (TPSA) is 52.0 Å². The molecular formula is C18H22N2. The van der Waals surface area contributed by atoms with E-state index >= 15 is 0 Å². The van der Waals surface area contributed by atoms with Gasteiger partial charge in [-0.1, -0.05) is 24.3 Å². The quantitative estimate of drug-likeness (QED) is 0.717. The standard InChI is InChI=1S/C18H22N2/c19-17-12-16-6-2-4-14-9-7-13(8-10-14)3-1-5-15(17)11-18(16)20/h7-12H,1-6,19-20H2. The first-order chi connectivity index (χ1) is 9.72. The Hall–Kier alpha value is -1.96. The first kappa shape index (κ1) is 13.0. The number of rotatable bonds is 0. The molecule has 2 heteroatoms. The minimum Gasteiger partial charge on any atom is -0.398 e. The van der Waals surface area contributed by atoms with Gasteiger partial charge in [-0.3, -0.25) is 0 Å². The summed E-state index contributed by atoms with van der Waals surface area (Å²) in [5.74, 6) is 0. The van der Waals surface area contributed by atoms with Gasteiger partial charge in [-0.05, 0) is 72.9 Å². The molecule has 2 aromatic rings. The van der Waals surface area contributed by atoms with Crippen LogP contribution in [-0.4, -0.2) is 0 Å². The SMILES string of the molecule is Nc1cc2c(N)cc1CCCc1ccc(cc1)CCC2. The summed E-state index contributed by atoms with van der Waals surface area (Å²) in [4.78, 5) is 0. The molecule has 4 bridgehead atoms. The van der Waals surface area contributed by atoms with Gasteiger partial charge in [0.05, 0.1) is 0 Å². The average molecular weight is 266 g/mol. The molecule has 4 N–H and O–H groups in total. The lowest BCUT2D eigenvalue weighted by atomic mass is 9.95. The molecule has 0 atom stereocenters. The zero-order valence-corrected chi connectivity index (χ0v) is 11.9. The molecule has 0 fully saturated rings. The van der Waals surface area contributed by atoms with E-state index in [-0.39, 0.29) is 0 Å². The van der Waals surface area contributed by atoms with E-state index in [9.17, 15) is 0 Å². The fourth-order valence-corrected chi connectivity index (χ4v) is 3.00. The molecule has 0 amide bonds. The summed E-state index contributed by atoms with van der Waals surface area (Å²) in [5, 5.41) is 0. The minimum atomic E-state index is 0.903. The summed E-state index contributed by atoms with van der Waals surface area (Å²) in [6.45, 7) is 0. The van der Waals surface area contributed by atoms with E-state index < -0.39 is 0 Å². The zero-order valence-electron chi connectivity index (χ0n) is 11.9. The van der Waals surface area contributed by atoms with Crippen LogP contribution in [0.15, 0.2) is 36.4 Å². The van der Waals surface area contributed by atoms with E-state index in [1.807, 2.05) is 0 Å². The molecule has 4 aliphatic rings. The highest BCUT2D eigenvalue weighted by atomic mass is 14.6. The zero-order chi connectivity index (χ0) is 13.9. The Kier molecular flexibility index (Phi) is 3.64. The van der Waals surface area contributed by atoms with E-state index in [0.717, 1.165) is 49.9 Å². The third-order valence-corrected chi connectivity index (χ3v) is 4.25. The second-order valence-corrected chi connectivity index (χ2v) is 5.77. The molecular weight excluding hydrogens is 244 g/mol. The predicted molar refractivity (Wildman–Crippen MR) is 85.8 cm³/mol. The van der Waals surface area contributed by atoms with E-state index in [1.54, 1.807) is 0 Å². The van der Waals surface area contributed by atoms with Gasteiger partial charge in [0.1, 0.15) is 0 Å². The summed E-state index contributed by atoms with van der Waals surface area (Å²) in [6, 6.07) is 13.2. The van der Waals surface area contributed by atoms with Gasteiger partial charge in [-0.15, -0.1) is 0 Å². The molecule has 4 aliphatic carbocycles. The smallest absolute Gasteiger partial charge is 0.0350 e. The molecule has 2 nitrogen and oxygen atoms in total. The van der Waals surface area contributed by atoms with Crippen LogP contribution in [0.1, 0.15) is 35.1 Å². The normalized spacial score (nSPS) is 15.2. The second-order valence-electron chi connectivity index (χ2n) is 5.77. The molecule has 6 rings (SSSR count). The van der Waals surface area contributed by atoms with Crippen molar-refractivity contribution < 1.29 is 0 Å². The second kappa shape index (κ2) is 5.58. The van der Waals surface area contributed by atoms with Crippen molar-refractivity contribution in [3.63, 3.8) is 0 Å². The van der Waals surface area contributed by atoms with Crippen molar-refractivity contribution >= 4 is 11.4 Å². The molecule has 0 saturated heterocycles. The summed E-state index contributed by atoms with van der Waals surface area (Å²) in [7, 11) is 0. The van der Waals surface area contributed by atoms with Gasteiger partial charge >= 0.3 is 0 Å². The third-order valence-electron chi connectivity index (χ3n) is 4.25. The van der Waals surface area contributed by atoms with Crippen LogP contribution in [0.5, 0.6) is 0 Å². The van der Waals surface area contributed by atoms with Crippen LogP contribution in [0.4, 0.5) is 11.4 Å². The average Bonchev–Trinajstić information content (AvgIpc) is 2.45. The van der Waals surface area contributed by atoms with E-state index in [1.165, 1.54) is 22.3 Å². The van der Waals surface area contributed by atoms with E-state index in [4.69, 9.17) is 11.5 Å². The van der Waals surface area contributed by atoms with Gasteiger partial charge in [-0.25, -0.2) is 0 Å². The molecule has 20 heavy (non-hydrogen) atoms. The Morgan fingerprint density at radius 2 is 1.00 bits per heavy atom. The van der Waals surface area contributed by atoms with Gasteiger partial charge in [0.15, 0.2) is 0 Å². The van der Waals surface area contributed by atoms with Crippen LogP contribution in [0.25, 0.3) is 0 Å². The Balaban J connectivity index is 1.90. The van der Waals surface area contributed by atoms with Crippen LogP contribution in [0, 0.1) is 0 Å². The Morgan fingerprint density at radius 3 is 1.40 bits per heavy atom. The van der Waals surface area contributed by atoms with Crippen LogP contribution >= 0.6 is 0 Å². The van der Waals surface area contributed by atoms with Crippen LogP contribution in [-0.2, 0) is 25.7 Å². The Morgan fingerprint density at radius 1 is 0.600 bits per heavy atom. The fourth-order valence-electron chi connectivity index (χ4n) is 3.00. The van der Waals surface area contributed by atoms with Crippen LogP contribution < -0.4 is 11.5 Å². The van der Waals surface area contributed by atoms with Gasteiger partial charge in [0, 0.05) is 11.4 Å². The number of hydrogen-bond acceptors (Lipinski definition) is 2. The summed E-state index contributed by atoms with van der Waals surface area (Å²) in [6.07, 6.45) is 6.42. The summed E-state index contributed by atoms with van der Waals surface area (Å²) >= 11 is 0. The van der Waals surface area contributed by atoms with Crippen molar-refractivity contribution in [3.05, 3.63) is 58.7 Å². The first-order valence-corrected chi connectivity index (χ1v) is 7.47. The maximum Gasteiger partial charge on any atom is 0.0350 e. The molecule has 0 aliphatic heterocycles. The molecule has 2 aromatic carbocycles. The van der Waals surface area contributed by atoms with Gasteiger partial charge in [-0.2, -0.15) is 0 Å². The van der Waals surface area contributed by atoms with Crippen molar-refractivity contribution in [2.24, 2.45) is 0 Å². The monoisotopic (exact) mass is 266 g/mol. The van der Waals surface area contributed by atoms with Crippen molar-refractivity contribution in [1.29, 1.82) is 0 Å². The molecule has 0 heterocycles. The van der Waals surface area contributed by atoms with Crippen molar-refractivity contribution in [2.75, 3.05) is 11.5 Å². The number of nitrogens with two attached hydrogens (primary N) is 2. The molecule has 0 spiro atoms. The number of anilines is 2. The van der Waals surface area contributed by atoms with Crippen molar-refractivity contribution in [1.82, 2.24) is 0 Å². The highest BCUT2D eigenvalue weighted by Crippen LogP contribution is 2.25. The number of hydrogen-bond donors (Lipinski definition) is 2. The molecule has 0 radical (unpaired) electrons. The van der Waals surface area contributed by atoms with Crippen molar-refractivity contribution in [3.8, 4) is 0 Å². The molecule has 0 aromatic heterocycles. The minimum absolute atomic E-state index is 0.903. The first-order valence-electron chi connectivity index (χ1n) is 7.47. The van der Waals surface area contributed by atoms with Crippen LogP contribution in [0.2, 0.25) is 0 Å². The highest BCUT2D eigenvalue weighted by molar-refractivity contribution is 5.60. The highest BCUT2D eigenvalue weighted by Gasteiger charge is 2.08. The molecule has 0 saturated carbocycles. The van der Waals surface area contributed by atoms with Gasteiger partial charge in [0.2, 0.25) is 0 Å².